The minimum Gasteiger partial charge on any atom is -0.456 e. The molecule has 50 heavy (non-hydrogen) atoms. The molecule has 234 valence electrons. The minimum atomic E-state index is 0.908. The highest BCUT2D eigenvalue weighted by atomic mass is 16.3. The lowest BCUT2D eigenvalue weighted by atomic mass is 9.94. The zero-order valence-corrected chi connectivity index (χ0v) is 27.3. The molecule has 0 unspecified atom stereocenters. The van der Waals surface area contributed by atoms with Crippen LogP contribution in [0.1, 0.15) is 0 Å². The molecule has 0 aliphatic carbocycles. The zero-order chi connectivity index (χ0) is 33.0. The van der Waals surface area contributed by atoms with E-state index in [0.29, 0.717) is 0 Å². The van der Waals surface area contributed by atoms with Crippen molar-refractivity contribution in [2.24, 2.45) is 0 Å². The fraction of sp³-hybridized carbons (Fsp3) is 0. The lowest BCUT2D eigenvalue weighted by molar-refractivity contribution is 0.669. The summed E-state index contributed by atoms with van der Waals surface area (Å²) in [5.74, 6) is 0. The molecule has 1 heterocycles. The highest BCUT2D eigenvalue weighted by Gasteiger charge is 2.16. The van der Waals surface area contributed by atoms with E-state index in [1.807, 2.05) is 12.1 Å². The predicted molar refractivity (Wildman–Crippen MR) is 212 cm³/mol. The van der Waals surface area contributed by atoms with E-state index in [-0.39, 0.29) is 0 Å². The summed E-state index contributed by atoms with van der Waals surface area (Å²) in [5.41, 5.74) is 9.98. The van der Waals surface area contributed by atoms with Crippen LogP contribution < -0.4 is 4.90 Å². The van der Waals surface area contributed by atoms with Gasteiger partial charge < -0.3 is 9.32 Å². The van der Waals surface area contributed by atoms with E-state index in [2.05, 4.69) is 181 Å². The number of furan rings is 1. The third-order valence-corrected chi connectivity index (χ3v) is 10.0. The Morgan fingerprint density at radius 1 is 0.320 bits per heavy atom. The summed E-state index contributed by atoms with van der Waals surface area (Å²) in [4.78, 5) is 2.34. The molecule has 10 aromatic rings. The second kappa shape index (κ2) is 11.5. The van der Waals surface area contributed by atoms with Gasteiger partial charge in [0.15, 0.2) is 0 Å². The third kappa shape index (κ3) is 4.73. The van der Waals surface area contributed by atoms with Crippen molar-refractivity contribution in [3.63, 3.8) is 0 Å². The van der Waals surface area contributed by atoms with Crippen LogP contribution in [-0.2, 0) is 0 Å². The molecule has 0 aliphatic rings. The average Bonchev–Trinajstić information content (AvgIpc) is 3.57. The van der Waals surface area contributed by atoms with E-state index >= 15 is 0 Å². The zero-order valence-electron chi connectivity index (χ0n) is 27.3. The van der Waals surface area contributed by atoms with Crippen molar-refractivity contribution >= 4 is 71.3 Å². The summed E-state index contributed by atoms with van der Waals surface area (Å²) in [6.45, 7) is 0. The topological polar surface area (TPSA) is 16.4 Å². The molecular formula is C48H31NO. The van der Waals surface area contributed by atoms with Gasteiger partial charge in [-0.1, -0.05) is 127 Å². The Labute approximate surface area is 290 Å². The summed E-state index contributed by atoms with van der Waals surface area (Å²) in [6, 6.07) is 67.6. The largest absolute Gasteiger partial charge is 0.456 e. The first-order valence-electron chi connectivity index (χ1n) is 17.1. The Kier molecular flexibility index (Phi) is 6.53. The van der Waals surface area contributed by atoms with Gasteiger partial charge in [0.1, 0.15) is 11.2 Å². The van der Waals surface area contributed by atoms with Crippen molar-refractivity contribution in [1.29, 1.82) is 0 Å². The van der Waals surface area contributed by atoms with Crippen molar-refractivity contribution in [2.75, 3.05) is 4.90 Å². The van der Waals surface area contributed by atoms with Crippen LogP contribution >= 0.6 is 0 Å². The number of hydrogen-bond acceptors (Lipinski definition) is 2. The molecule has 0 saturated carbocycles. The molecule has 0 bridgehead atoms. The summed E-state index contributed by atoms with van der Waals surface area (Å²) in [5, 5.41) is 9.66. The van der Waals surface area contributed by atoms with E-state index in [4.69, 9.17) is 4.42 Å². The van der Waals surface area contributed by atoms with E-state index in [1.165, 1.54) is 54.6 Å². The number of anilines is 3. The van der Waals surface area contributed by atoms with Crippen LogP contribution in [0.3, 0.4) is 0 Å². The first-order chi connectivity index (χ1) is 24.8. The second-order valence-corrected chi connectivity index (χ2v) is 13.0. The molecule has 1 aromatic heterocycles. The second-order valence-electron chi connectivity index (χ2n) is 13.0. The molecule has 0 spiro atoms. The van der Waals surface area contributed by atoms with Gasteiger partial charge >= 0.3 is 0 Å². The maximum atomic E-state index is 6.25. The molecule has 0 radical (unpaired) electrons. The van der Waals surface area contributed by atoms with Crippen molar-refractivity contribution in [3.05, 3.63) is 188 Å². The monoisotopic (exact) mass is 637 g/mol. The van der Waals surface area contributed by atoms with Crippen LogP contribution in [0.2, 0.25) is 0 Å². The molecule has 2 heteroatoms. The normalized spacial score (nSPS) is 11.6. The molecule has 0 aliphatic heterocycles. The highest BCUT2D eigenvalue weighted by Crippen LogP contribution is 2.41. The van der Waals surface area contributed by atoms with Gasteiger partial charge in [-0.05, 0) is 115 Å². The van der Waals surface area contributed by atoms with Crippen molar-refractivity contribution in [1.82, 2.24) is 0 Å². The van der Waals surface area contributed by atoms with Gasteiger partial charge in [-0.25, -0.2) is 0 Å². The molecule has 2 nitrogen and oxygen atoms in total. The van der Waals surface area contributed by atoms with Crippen LogP contribution in [-0.4, -0.2) is 0 Å². The lowest BCUT2D eigenvalue weighted by Gasteiger charge is -2.26. The summed E-state index contributed by atoms with van der Waals surface area (Å²) in [7, 11) is 0. The fourth-order valence-corrected chi connectivity index (χ4v) is 7.56. The van der Waals surface area contributed by atoms with E-state index in [0.717, 1.165) is 39.0 Å². The highest BCUT2D eigenvalue weighted by molar-refractivity contribution is 6.19. The van der Waals surface area contributed by atoms with Crippen molar-refractivity contribution in [3.8, 4) is 22.3 Å². The molecule has 0 fully saturated rings. The van der Waals surface area contributed by atoms with Crippen molar-refractivity contribution < 1.29 is 4.42 Å². The maximum Gasteiger partial charge on any atom is 0.136 e. The molecule has 9 aromatic carbocycles. The first-order valence-corrected chi connectivity index (χ1v) is 17.1. The standard InChI is InChI=1S/C48H31NO/c1-2-12-39(13-3-1)49(41-27-23-35-24-28-47-48(45(35)31-41)43-14-6-7-16-46(43)50-47)40-25-21-34(22-26-40)42-15-8-11-33-18-20-38(30-44(33)42)37-19-17-32-9-4-5-10-36(32)29-37/h1-31H. The number of para-hydroxylation sites is 2. The number of hydrogen-bond donors (Lipinski definition) is 0. The van der Waals surface area contributed by atoms with E-state index < -0.39 is 0 Å². The quantitative estimate of drug-likeness (QED) is 0.187. The third-order valence-electron chi connectivity index (χ3n) is 10.0. The van der Waals surface area contributed by atoms with Crippen LogP contribution in [0.4, 0.5) is 17.1 Å². The van der Waals surface area contributed by atoms with Gasteiger partial charge in [-0.2, -0.15) is 0 Å². The Morgan fingerprint density at radius 2 is 0.940 bits per heavy atom. The van der Waals surface area contributed by atoms with Gasteiger partial charge in [0.2, 0.25) is 0 Å². The lowest BCUT2D eigenvalue weighted by Crippen LogP contribution is -2.09. The Morgan fingerprint density at radius 3 is 1.82 bits per heavy atom. The number of benzene rings is 9. The number of rotatable bonds is 5. The van der Waals surface area contributed by atoms with E-state index in [9.17, 15) is 0 Å². The van der Waals surface area contributed by atoms with Gasteiger partial charge in [-0.15, -0.1) is 0 Å². The van der Waals surface area contributed by atoms with Gasteiger partial charge in [-0.3, -0.25) is 0 Å². The maximum absolute atomic E-state index is 6.25. The molecule has 0 N–H and O–H groups in total. The Hall–Kier alpha value is -6.64. The molecule has 0 amide bonds. The van der Waals surface area contributed by atoms with Crippen LogP contribution in [0.25, 0.3) is 76.5 Å². The van der Waals surface area contributed by atoms with Gasteiger partial charge in [0.05, 0.1) is 0 Å². The molecule has 0 saturated heterocycles. The number of fused-ring (bicyclic) bond motifs is 7. The number of nitrogens with zero attached hydrogens (tertiary/aromatic N) is 1. The van der Waals surface area contributed by atoms with Crippen LogP contribution in [0.15, 0.2) is 192 Å². The SMILES string of the molecule is c1ccc(N(c2ccc(-c3cccc4ccc(-c5ccc6ccccc6c5)cc34)cc2)c2ccc3ccc4oc5ccccc5c4c3c2)cc1. The average molecular weight is 638 g/mol. The Bertz CT molecular complexity index is 2870. The fourth-order valence-electron chi connectivity index (χ4n) is 7.56. The molecule has 0 atom stereocenters. The smallest absolute Gasteiger partial charge is 0.136 e. The summed E-state index contributed by atoms with van der Waals surface area (Å²) < 4.78 is 6.25. The van der Waals surface area contributed by atoms with Crippen LogP contribution in [0.5, 0.6) is 0 Å². The predicted octanol–water partition coefficient (Wildman–Crippen LogP) is 13.8. The minimum absolute atomic E-state index is 0.908. The van der Waals surface area contributed by atoms with Gasteiger partial charge in [0.25, 0.3) is 0 Å². The first kappa shape index (κ1) is 28.4. The van der Waals surface area contributed by atoms with Crippen LogP contribution in [0, 0.1) is 0 Å². The molecular weight excluding hydrogens is 607 g/mol. The summed E-state index contributed by atoms with van der Waals surface area (Å²) >= 11 is 0. The Balaban J connectivity index is 1.08. The van der Waals surface area contributed by atoms with E-state index in [1.54, 1.807) is 0 Å². The molecule has 10 rings (SSSR count). The van der Waals surface area contributed by atoms with Gasteiger partial charge in [0, 0.05) is 27.8 Å². The van der Waals surface area contributed by atoms with Crippen molar-refractivity contribution in [2.45, 2.75) is 0 Å². The summed E-state index contributed by atoms with van der Waals surface area (Å²) in [6.07, 6.45) is 0.